The van der Waals surface area contributed by atoms with Crippen molar-refractivity contribution < 1.29 is 5.11 Å². The summed E-state index contributed by atoms with van der Waals surface area (Å²) in [5, 5.41) is 14.4. The molecular weight excluding hydrogens is 451 g/mol. The van der Waals surface area contributed by atoms with Crippen LogP contribution in [0.3, 0.4) is 0 Å². The number of fused-ring (bicyclic) bond motifs is 1. The predicted octanol–water partition coefficient (Wildman–Crippen LogP) is 6.41. The highest BCUT2D eigenvalue weighted by molar-refractivity contribution is 5.85. The van der Waals surface area contributed by atoms with Crippen LogP contribution in [0.4, 0.5) is 0 Å². The molecular formula is C28H42Cl2N2O. The molecule has 0 aromatic heterocycles. The highest BCUT2D eigenvalue weighted by Crippen LogP contribution is 2.41. The molecule has 0 radical (unpaired) electrons. The molecule has 3 fully saturated rings. The van der Waals surface area contributed by atoms with Crippen LogP contribution in [-0.4, -0.2) is 59.3 Å². The molecule has 0 amide bonds. The van der Waals surface area contributed by atoms with E-state index in [1.165, 1.54) is 81.0 Å². The first-order valence-corrected chi connectivity index (χ1v) is 12.9. The van der Waals surface area contributed by atoms with Crippen molar-refractivity contribution in [3.05, 3.63) is 48.0 Å². The maximum Gasteiger partial charge on any atom is 0.0728 e. The molecule has 33 heavy (non-hydrogen) atoms. The van der Waals surface area contributed by atoms with Gasteiger partial charge in [-0.1, -0.05) is 68.1 Å². The van der Waals surface area contributed by atoms with Crippen LogP contribution >= 0.6 is 24.8 Å². The number of nitrogens with zero attached hydrogens (tertiary/aromatic N) is 2. The molecule has 0 bridgehead atoms. The summed E-state index contributed by atoms with van der Waals surface area (Å²) in [6, 6.07) is 16.3. The van der Waals surface area contributed by atoms with Gasteiger partial charge < -0.3 is 14.9 Å². The lowest BCUT2D eigenvalue weighted by atomic mass is 9.72. The van der Waals surface area contributed by atoms with E-state index in [0.29, 0.717) is 0 Å². The zero-order chi connectivity index (χ0) is 21.1. The van der Waals surface area contributed by atoms with Crippen molar-refractivity contribution in [2.24, 2.45) is 0 Å². The number of piperidine rings is 2. The van der Waals surface area contributed by atoms with Gasteiger partial charge in [-0.2, -0.15) is 0 Å². The first-order valence-electron chi connectivity index (χ1n) is 12.9. The molecule has 5 rings (SSSR count). The van der Waals surface area contributed by atoms with Crippen molar-refractivity contribution in [2.75, 3.05) is 32.7 Å². The molecule has 3 aliphatic rings. The first-order chi connectivity index (χ1) is 15.2. The smallest absolute Gasteiger partial charge is 0.0728 e. The van der Waals surface area contributed by atoms with Crippen LogP contribution in [-0.2, 0) is 0 Å². The van der Waals surface area contributed by atoms with E-state index in [2.05, 4.69) is 52.3 Å². The average molecular weight is 494 g/mol. The summed E-state index contributed by atoms with van der Waals surface area (Å²) >= 11 is 0. The molecule has 1 atom stereocenters. The third kappa shape index (κ3) is 6.24. The van der Waals surface area contributed by atoms with E-state index in [4.69, 9.17) is 0 Å². The van der Waals surface area contributed by atoms with Crippen molar-refractivity contribution in [1.82, 2.24) is 9.80 Å². The zero-order valence-corrected chi connectivity index (χ0v) is 21.6. The van der Waals surface area contributed by atoms with Gasteiger partial charge in [-0.25, -0.2) is 0 Å². The van der Waals surface area contributed by atoms with E-state index in [0.717, 1.165) is 38.3 Å². The van der Waals surface area contributed by atoms with Crippen molar-refractivity contribution in [2.45, 2.75) is 81.8 Å². The summed E-state index contributed by atoms with van der Waals surface area (Å²) in [7, 11) is 0. The summed E-state index contributed by atoms with van der Waals surface area (Å²) in [5.41, 5.74) is 0.783. The Balaban J connectivity index is 0.00000153. The highest BCUT2D eigenvalue weighted by Gasteiger charge is 2.40. The molecule has 2 aromatic carbocycles. The maximum absolute atomic E-state index is 11.8. The second-order valence-corrected chi connectivity index (χ2v) is 10.5. The SMILES string of the molecule is Cl.Cl.OC1(C(CN2CCC(N3CCCCC3)CC2)c2ccc3ccccc3c2)CCCCC1. The minimum absolute atomic E-state index is 0. The van der Waals surface area contributed by atoms with Crippen LogP contribution < -0.4 is 0 Å². The summed E-state index contributed by atoms with van der Waals surface area (Å²) in [6.07, 6.45) is 12.3. The van der Waals surface area contributed by atoms with Gasteiger partial charge in [-0.3, -0.25) is 0 Å². The summed E-state index contributed by atoms with van der Waals surface area (Å²) in [6.45, 7) is 5.98. The van der Waals surface area contributed by atoms with Gasteiger partial charge in [0.25, 0.3) is 0 Å². The van der Waals surface area contributed by atoms with Crippen molar-refractivity contribution in [3.63, 3.8) is 0 Å². The summed E-state index contributed by atoms with van der Waals surface area (Å²) < 4.78 is 0. The summed E-state index contributed by atoms with van der Waals surface area (Å²) in [5.74, 6) is 0.212. The van der Waals surface area contributed by atoms with Gasteiger partial charge in [0.2, 0.25) is 0 Å². The number of hydrogen-bond donors (Lipinski definition) is 1. The average Bonchev–Trinajstić information content (AvgIpc) is 2.83. The molecule has 184 valence electrons. The molecule has 0 spiro atoms. The molecule has 1 saturated carbocycles. The van der Waals surface area contributed by atoms with Gasteiger partial charge in [0, 0.05) is 18.5 Å². The quantitative estimate of drug-likeness (QED) is 0.521. The molecule has 2 aromatic rings. The van der Waals surface area contributed by atoms with E-state index in [1.807, 2.05) is 0 Å². The molecule has 2 aliphatic heterocycles. The number of halogens is 2. The fourth-order valence-electron chi connectivity index (χ4n) is 6.53. The standard InChI is InChI=1S/C28H40N2O.2ClH/c31-28(15-5-1-6-16-28)27(25-12-11-23-9-3-4-10-24(23)21-25)22-29-19-13-26(14-20-29)30-17-7-2-8-18-30;;/h3-4,9-12,21,26-27,31H,1-2,5-8,13-20,22H2;2*1H. The Morgan fingerprint density at radius 2 is 1.42 bits per heavy atom. The monoisotopic (exact) mass is 492 g/mol. The summed E-state index contributed by atoms with van der Waals surface area (Å²) in [4.78, 5) is 5.42. The van der Waals surface area contributed by atoms with E-state index < -0.39 is 5.60 Å². The molecule has 1 unspecified atom stereocenters. The Kier molecular flexibility index (Phi) is 9.91. The topological polar surface area (TPSA) is 26.7 Å². The van der Waals surface area contributed by atoms with Gasteiger partial charge in [0.05, 0.1) is 5.60 Å². The van der Waals surface area contributed by atoms with Crippen LogP contribution in [0.1, 0.15) is 75.7 Å². The fraction of sp³-hybridized carbons (Fsp3) is 0.643. The molecule has 3 nitrogen and oxygen atoms in total. The lowest BCUT2D eigenvalue weighted by Gasteiger charge is -2.45. The largest absolute Gasteiger partial charge is 0.389 e. The van der Waals surface area contributed by atoms with Crippen molar-refractivity contribution in [1.29, 1.82) is 0 Å². The van der Waals surface area contributed by atoms with Crippen LogP contribution in [0, 0.1) is 0 Å². The third-order valence-electron chi connectivity index (χ3n) is 8.45. The Morgan fingerprint density at radius 3 is 2.12 bits per heavy atom. The van der Waals surface area contributed by atoms with Gasteiger partial charge in [0.1, 0.15) is 0 Å². The minimum atomic E-state index is -0.551. The molecule has 2 heterocycles. The van der Waals surface area contributed by atoms with Gasteiger partial charge >= 0.3 is 0 Å². The first kappa shape index (κ1) is 26.8. The van der Waals surface area contributed by atoms with Crippen LogP contribution in [0.5, 0.6) is 0 Å². The van der Waals surface area contributed by atoms with Crippen molar-refractivity contribution in [3.8, 4) is 0 Å². The van der Waals surface area contributed by atoms with E-state index >= 15 is 0 Å². The van der Waals surface area contributed by atoms with Gasteiger partial charge in [0.15, 0.2) is 0 Å². The molecule has 1 aliphatic carbocycles. The number of rotatable bonds is 5. The second kappa shape index (κ2) is 12.2. The van der Waals surface area contributed by atoms with E-state index in [9.17, 15) is 5.11 Å². The molecule has 1 N–H and O–H groups in total. The van der Waals surface area contributed by atoms with Crippen molar-refractivity contribution >= 4 is 35.6 Å². The van der Waals surface area contributed by atoms with E-state index in [1.54, 1.807) is 0 Å². The Labute approximate surface area is 212 Å². The fourth-order valence-corrected chi connectivity index (χ4v) is 6.53. The van der Waals surface area contributed by atoms with Gasteiger partial charge in [-0.05, 0) is 81.0 Å². The molecule has 5 heteroatoms. The maximum atomic E-state index is 11.8. The minimum Gasteiger partial charge on any atom is -0.389 e. The van der Waals surface area contributed by atoms with E-state index in [-0.39, 0.29) is 30.7 Å². The number of benzene rings is 2. The van der Waals surface area contributed by atoms with Crippen LogP contribution in [0.2, 0.25) is 0 Å². The Morgan fingerprint density at radius 1 is 0.788 bits per heavy atom. The van der Waals surface area contributed by atoms with Crippen LogP contribution in [0.25, 0.3) is 10.8 Å². The lowest BCUT2D eigenvalue weighted by molar-refractivity contribution is -0.0343. The zero-order valence-electron chi connectivity index (χ0n) is 20.0. The highest BCUT2D eigenvalue weighted by atomic mass is 35.5. The van der Waals surface area contributed by atoms with Crippen LogP contribution in [0.15, 0.2) is 42.5 Å². The molecule has 2 saturated heterocycles. The van der Waals surface area contributed by atoms with Gasteiger partial charge in [-0.15, -0.1) is 24.8 Å². The Bertz CT molecular complexity index is 856. The normalized spacial score (nSPS) is 23.4. The number of hydrogen-bond acceptors (Lipinski definition) is 3. The third-order valence-corrected chi connectivity index (χ3v) is 8.45. The number of aliphatic hydroxyl groups is 1. The lowest BCUT2D eigenvalue weighted by Crippen LogP contribution is -2.50. The second-order valence-electron chi connectivity index (χ2n) is 10.5. The number of likely N-dealkylation sites (tertiary alicyclic amines) is 2. The predicted molar refractivity (Wildman–Crippen MR) is 144 cm³/mol. The Hall–Kier alpha value is -0.840.